The molecule has 30 nitrogen and oxygen atoms in total. The molecule has 2 amide bonds. The van der Waals surface area contributed by atoms with Crippen LogP contribution in [0.4, 0.5) is 22.7 Å². The van der Waals surface area contributed by atoms with Crippen LogP contribution in [0.2, 0.25) is 10.0 Å². The summed E-state index contributed by atoms with van der Waals surface area (Å²) in [5.41, 5.74) is 11.2. The number of pyridine rings is 2. The number of rotatable bonds is 28. The molecule has 4 aromatic heterocycles. The number of aromatic amines is 2. The lowest BCUT2D eigenvalue weighted by atomic mass is 9.72. The van der Waals surface area contributed by atoms with E-state index in [2.05, 4.69) is 101 Å². The third kappa shape index (κ3) is 22.7. The summed E-state index contributed by atoms with van der Waals surface area (Å²) in [5, 5.41) is 27.8. The second kappa shape index (κ2) is 40.9. The number of benzene rings is 6. The zero-order valence-electron chi connectivity index (χ0n) is 76.2. The minimum absolute atomic E-state index is 0.0516. The van der Waals surface area contributed by atoms with Crippen LogP contribution in [-0.4, -0.2) is 199 Å². The van der Waals surface area contributed by atoms with Crippen LogP contribution < -0.4 is 38.2 Å². The standard InChI is InChI=1S/2C50H57ClN6O9S/c1-50(2)16-14-42(33-4-6-36(51)7-5-33)35(27-50)29-55-18-20-56(21-19-55)37-8-13-43(47(24-37)66-40-23-34-15-17-52-48(34)53-28-40)49(58)54-67(61,62)41-25-45(57(59)60)44-22-32(31-65-46(44)26-41)30-64-39-11-9-38(63-3)10-12-39;1-50(2)16-14-35(44(27-50)33-4-6-36(51)7-5-33)29-55-18-20-56(21-19-55)37-8-13-42(47(24-37)66-40-23-34-15-17-52-48(34)53-28-40)49(58)54-67(61,62)41-25-45(57(59)60)43-22-32(31-65-46(43)26-41)30-64-39-11-9-38(63-3)10-12-39/h2*4-8,13,15,17,23-26,28,32,38-39H,9-12,14,16,18-22,27,29-31H2,1-3H3,(H,52,53)(H,54,58)/t2*32-,38?,39?/m11/s1. The number of methoxy groups -OCH3 is 2. The average Bonchev–Trinajstić information content (AvgIpc) is 0.767. The highest BCUT2D eigenvalue weighted by atomic mass is 35.5. The van der Waals surface area contributed by atoms with E-state index in [0.29, 0.717) is 62.2 Å². The Balaban J connectivity index is 0.000000187. The van der Waals surface area contributed by atoms with E-state index < -0.39 is 62.9 Å². The van der Waals surface area contributed by atoms with Crippen LogP contribution in [0.25, 0.3) is 33.2 Å². The van der Waals surface area contributed by atoms with Crippen LogP contribution in [0, 0.1) is 42.9 Å². The van der Waals surface area contributed by atoms with Crippen molar-refractivity contribution in [1.29, 1.82) is 0 Å². The summed E-state index contributed by atoms with van der Waals surface area (Å²) in [6.07, 6.45) is 21.2. The van der Waals surface area contributed by atoms with Crippen molar-refractivity contribution in [3.63, 3.8) is 0 Å². The Morgan fingerprint density at radius 1 is 0.507 bits per heavy atom. The molecule has 0 spiro atoms. The molecular formula is C100H114Cl2N12O18S2. The molecule has 2 saturated carbocycles. The fraction of sp³-hybridized carbons (Fsp3) is 0.440. The van der Waals surface area contributed by atoms with Crippen molar-refractivity contribution in [2.75, 3.05) is 116 Å². The first-order valence-electron chi connectivity index (χ1n) is 46.1. The molecule has 4 aliphatic heterocycles. The SMILES string of the molecule is COC1CCC(OC[C@@H]2COc3cc(S(=O)(=O)NC(=O)c4ccc(N5CCN(CC6=C(c7ccc(Cl)cc7)CC(C)(C)CC6)CC5)cc4Oc4cnc5[nH]ccc5c4)cc([N+](=O)[O-])c3C2)CC1.COC1CCC(OC[C@@H]2COc3cc(S(=O)(=O)NC(=O)c4ccc(N5CCN(CC6=C(c7ccc(Cl)cc7)CCC(C)(C)C6)CC5)cc4Oc4cnc5[nH]ccc5c4)cc([N+](=O)[O-])c3C2)CC1. The van der Waals surface area contributed by atoms with Crippen LogP contribution in [0.1, 0.15) is 161 Å². The van der Waals surface area contributed by atoms with Gasteiger partial charge in [-0.2, -0.15) is 0 Å². The predicted molar refractivity (Wildman–Crippen MR) is 513 cm³/mol. The summed E-state index contributed by atoms with van der Waals surface area (Å²) in [6, 6.07) is 38.1. The van der Waals surface area contributed by atoms with Crippen LogP contribution in [0.3, 0.4) is 0 Å². The molecule has 18 rings (SSSR count). The van der Waals surface area contributed by atoms with E-state index in [-0.39, 0.29) is 118 Å². The monoisotopic (exact) mass is 1900 g/mol. The molecule has 0 radical (unpaired) electrons. The molecule has 8 heterocycles. The number of amides is 2. The van der Waals surface area contributed by atoms with E-state index in [0.717, 1.165) is 173 Å². The lowest BCUT2D eigenvalue weighted by Crippen LogP contribution is -2.47. The number of carbonyl (C=O) groups excluding carboxylic acids is 2. The highest BCUT2D eigenvalue weighted by Crippen LogP contribution is 2.48. The Labute approximate surface area is 790 Å². The van der Waals surface area contributed by atoms with Gasteiger partial charge in [0, 0.05) is 172 Å². The fourth-order valence-electron chi connectivity index (χ4n) is 19.8. The van der Waals surface area contributed by atoms with Crippen molar-refractivity contribution in [3.8, 4) is 34.5 Å². The number of piperazine rings is 2. The molecule has 0 bridgehead atoms. The van der Waals surface area contributed by atoms with Gasteiger partial charge in [-0.3, -0.25) is 39.6 Å². The largest absolute Gasteiger partial charge is 0.493 e. The van der Waals surface area contributed by atoms with Crippen molar-refractivity contribution in [3.05, 3.63) is 233 Å². The summed E-state index contributed by atoms with van der Waals surface area (Å²) in [6.45, 7) is 18.3. The van der Waals surface area contributed by atoms with Crippen molar-refractivity contribution < 1.29 is 74.2 Å². The molecule has 134 heavy (non-hydrogen) atoms. The van der Waals surface area contributed by atoms with Crippen molar-refractivity contribution >= 4 is 111 Å². The first kappa shape index (κ1) is 94.7. The molecule has 708 valence electrons. The number of H-pyrrole nitrogens is 2. The third-order valence-electron chi connectivity index (χ3n) is 27.4. The van der Waals surface area contributed by atoms with Crippen LogP contribution in [0.5, 0.6) is 34.5 Å². The summed E-state index contributed by atoms with van der Waals surface area (Å²) in [5.74, 6) is -1.17. The first-order valence-corrected chi connectivity index (χ1v) is 49.8. The summed E-state index contributed by atoms with van der Waals surface area (Å²) in [4.78, 5) is 75.3. The van der Waals surface area contributed by atoms with Crippen LogP contribution in [-0.2, 0) is 51.8 Å². The van der Waals surface area contributed by atoms with Gasteiger partial charge in [0.25, 0.3) is 43.2 Å². The maximum Gasteiger partial charge on any atom is 0.277 e. The molecule has 4 aliphatic carbocycles. The number of ether oxygens (including phenoxy) is 8. The number of aromatic nitrogens is 4. The van der Waals surface area contributed by atoms with Crippen molar-refractivity contribution in [2.45, 2.75) is 165 Å². The third-order valence-corrected chi connectivity index (χ3v) is 30.6. The Morgan fingerprint density at radius 2 is 0.918 bits per heavy atom. The van der Waals surface area contributed by atoms with Crippen molar-refractivity contribution in [2.24, 2.45) is 22.7 Å². The van der Waals surface area contributed by atoms with Gasteiger partial charge in [0.15, 0.2) is 0 Å². The smallest absolute Gasteiger partial charge is 0.277 e. The maximum atomic E-state index is 14.1. The van der Waals surface area contributed by atoms with E-state index >= 15 is 0 Å². The second-order valence-corrected chi connectivity index (χ2v) is 42.3. The normalized spacial score (nSPS) is 21.1. The molecular weight excluding hydrogens is 1790 g/mol. The molecule has 0 unspecified atom stereocenters. The van der Waals surface area contributed by atoms with E-state index in [4.69, 9.17) is 61.1 Å². The number of fused-ring (bicyclic) bond motifs is 4. The quantitative estimate of drug-likeness (QED) is 0.0261. The van der Waals surface area contributed by atoms with Gasteiger partial charge in [0.1, 0.15) is 45.8 Å². The van der Waals surface area contributed by atoms with Gasteiger partial charge in [-0.05, 0) is 209 Å². The minimum Gasteiger partial charge on any atom is -0.493 e. The van der Waals surface area contributed by atoms with Gasteiger partial charge in [0.05, 0.1) is 105 Å². The topological polar surface area (TPSA) is 357 Å². The molecule has 34 heteroatoms. The Morgan fingerprint density at radius 3 is 1.35 bits per heavy atom. The molecule has 4 fully saturated rings. The molecule has 2 atom stereocenters. The maximum absolute atomic E-state index is 14.1. The van der Waals surface area contributed by atoms with Crippen LogP contribution >= 0.6 is 23.2 Å². The molecule has 6 aromatic carbocycles. The van der Waals surface area contributed by atoms with Gasteiger partial charge < -0.3 is 57.7 Å². The number of halogens is 2. The number of nitro groups is 2. The van der Waals surface area contributed by atoms with Gasteiger partial charge in [-0.15, -0.1) is 0 Å². The number of hydrogen-bond donors (Lipinski definition) is 4. The number of hydrogen-bond acceptors (Lipinski definition) is 24. The summed E-state index contributed by atoms with van der Waals surface area (Å²) < 4.78 is 108. The van der Waals surface area contributed by atoms with E-state index in [1.165, 1.54) is 57.9 Å². The number of allylic oxidation sites excluding steroid dienone is 2. The zero-order valence-corrected chi connectivity index (χ0v) is 79.3. The van der Waals surface area contributed by atoms with Crippen LogP contribution in [0.15, 0.2) is 179 Å². The first-order chi connectivity index (χ1) is 64.4. The molecule has 2 saturated heterocycles. The summed E-state index contributed by atoms with van der Waals surface area (Å²) >= 11 is 12.5. The number of sulfonamides is 2. The fourth-order valence-corrected chi connectivity index (χ4v) is 22.0. The molecule has 10 aromatic rings. The predicted octanol–water partition coefficient (Wildman–Crippen LogP) is 18.7. The van der Waals surface area contributed by atoms with Gasteiger partial charge in [-0.25, -0.2) is 36.2 Å². The number of nitrogens with one attached hydrogen (secondary N) is 4. The lowest BCUT2D eigenvalue weighted by Gasteiger charge is -2.39. The Hall–Kier alpha value is -11.0. The molecule has 4 N–H and O–H groups in total. The van der Waals surface area contributed by atoms with Gasteiger partial charge in [-0.1, -0.05) is 86.3 Å². The molecule has 8 aliphatic rings. The van der Waals surface area contributed by atoms with Gasteiger partial charge >= 0.3 is 0 Å². The lowest BCUT2D eigenvalue weighted by molar-refractivity contribution is -0.386. The zero-order chi connectivity index (χ0) is 93.7. The Bertz CT molecular complexity index is 6320. The average molecular weight is 1910 g/mol. The highest BCUT2D eigenvalue weighted by Gasteiger charge is 2.39. The van der Waals surface area contributed by atoms with E-state index in [1.807, 2.05) is 36.4 Å². The van der Waals surface area contributed by atoms with E-state index in [9.17, 15) is 46.7 Å². The Kier molecular flexibility index (Phi) is 28.9. The number of anilines is 2. The number of carbonyl (C=O) groups is 2. The highest BCUT2D eigenvalue weighted by molar-refractivity contribution is 7.90. The second-order valence-electron chi connectivity index (χ2n) is 38.0. The minimum atomic E-state index is -4.65. The number of nitro benzene ring substituents is 2. The van der Waals surface area contributed by atoms with E-state index in [1.54, 1.807) is 75.1 Å². The summed E-state index contributed by atoms with van der Waals surface area (Å²) in [7, 11) is -5.87. The van der Waals surface area contributed by atoms with Gasteiger partial charge in [0.2, 0.25) is 0 Å². The van der Waals surface area contributed by atoms with Crippen molar-refractivity contribution in [1.82, 2.24) is 39.2 Å². The number of nitrogens with zero attached hydrogens (tertiary/aromatic N) is 8.